The Morgan fingerprint density at radius 3 is 2.19 bits per heavy atom. The van der Waals surface area contributed by atoms with Gasteiger partial charge in [-0.15, -0.1) is 0 Å². The van der Waals surface area contributed by atoms with Crippen LogP contribution < -0.4 is 10.2 Å². The number of benzene rings is 3. The molecule has 0 saturated heterocycles. The van der Waals surface area contributed by atoms with Crippen molar-refractivity contribution < 1.29 is 14.5 Å². The molecule has 7 nitrogen and oxygen atoms in total. The van der Waals surface area contributed by atoms with Crippen molar-refractivity contribution in [2.45, 2.75) is 13.3 Å². The first-order chi connectivity index (χ1) is 15.4. The van der Waals surface area contributed by atoms with Crippen LogP contribution in [0.15, 0.2) is 78.5 Å². The number of halogens is 1. The maximum atomic E-state index is 13.4. The van der Waals surface area contributed by atoms with Crippen LogP contribution in [0.3, 0.4) is 0 Å². The van der Waals surface area contributed by atoms with Crippen LogP contribution in [0.5, 0.6) is 0 Å². The minimum absolute atomic E-state index is 0.0769. The number of carbonyl (C=O) groups excluding carboxylic acids is 2. The summed E-state index contributed by atoms with van der Waals surface area (Å²) in [7, 11) is 0. The van der Waals surface area contributed by atoms with E-state index in [0.29, 0.717) is 11.3 Å². The number of carbonyl (C=O) groups is 2. The van der Waals surface area contributed by atoms with Crippen molar-refractivity contribution >= 4 is 46.1 Å². The molecule has 1 N–H and O–H groups in total. The lowest BCUT2D eigenvalue weighted by Gasteiger charge is -2.16. The molecule has 0 saturated carbocycles. The molecule has 0 radical (unpaired) electrons. The Bertz CT molecular complexity index is 1250. The van der Waals surface area contributed by atoms with Gasteiger partial charge in [0.1, 0.15) is 5.70 Å². The third-order valence-corrected chi connectivity index (χ3v) is 5.50. The van der Waals surface area contributed by atoms with Crippen LogP contribution in [0.25, 0.3) is 5.57 Å². The zero-order valence-corrected chi connectivity index (χ0v) is 17.8. The smallest absolute Gasteiger partial charge is 0.282 e. The second kappa shape index (κ2) is 8.64. The van der Waals surface area contributed by atoms with Gasteiger partial charge < -0.3 is 5.32 Å². The largest absolute Gasteiger partial charge is 0.350 e. The molecule has 160 valence electrons. The molecular formula is C24H18ClN3O4. The SMILES string of the molecule is CCc1ccc(NC2=C(c3ccc([N+](=O)[O-])cc3)C(=O)N(c3ccccc3Cl)C2=O)cc1. The molecule has 2 amide bonds. The molecule has 0 atom stereocenters. The molecule has 0 bridgehead atoms. The molecule has 32 heavy (non-hydrogen) atoms. The Labute approximate surface area is 189 Å². The molecule has 1 aliphatic rings. The molecule has 0 fully saturated rings. The predicted octanol–water partition coefficient (Wildman–Crippen LogP) is 5.21. The standard InChI is InChI=1S/C24H18ClN3O4/c1-2-15-7-11-17(12-8-15)26-22-21(16-9-13-18(14-10-16)28(31)32)23(29)27(24(22)30)20-6-4-3-5-19(20)25/h3-14,26H,2H2,1H3. The number of aryl methyl sites for hydroxylation is 1. The summed E-state index contributed by atoms with van der Waals surface area (Å²) >= 11 is 6.27. The molecule has 3 aromatic rings. The Kier molecular flexibility index (Phi) is 5.75. The number of nitrogens with one attached hydrogen (secondary N) is 1. The predicted molar refractivity (Wildman–Crippen MR) is 123 cm³/mol. The third-order valence-electron chi connectivity index (χ3n) is 5.18. The first-order valence-electron chi connectivity index (χ1n) is 9.89. The van der Waals surface area contributed by atoms with E-state index in [9.17, 15) is 19.7 Å². The Balaban J connectivity index is 1.81. The summed E-state index contributed by atoms with van der Waals surface area (Å²) in [6.45, 7) is 2.04. The van der Waals surface area contributed by atoms with Crippen molar-refractivity contribution in [2.24, 2.45) is 0 Å². The highest BCUT2D eigenvalue weighted by atomic mass is 35.5. The van der Waals surface area contributed by atoms with E-state index in [2.05, 4.69) is 5.32 Å². The first kappa shape index (κ1) is 21.3. The van der Waals surface area contributed by atoms with Gasteiger partial charge in [0.2, 0.25) is 0 Å². The van der Waals surface area contributed by atoms with E-state index in [0.717, 1.165) is 16.9 Å². The zero-order valence-electron chi connectivity index (χ0n) is 17.0. The van der Waals surface area contributed by atoms with Crippen molar-refractivity contribution in [3.8, 4) is 0 Å². The van der Waals surface area contributed by atoms with Crippen molar-refractivity contribution in [3.05, 3.63) is 105 Å². The number of para-hydroxylation sites is 1. The van der Waals surface area contributed by atoms with Gasteiger partial charge in [-0.2, -0.15) is 0 Å². The van der Waals surface area contributed by atoms with Crippen molar-refractivity contribution in [3.63, 3.8) is 0 Å². The number of nitro groups is 1. The van der Waals surface area contributed by atoms with Gasteiger partial charge >= 0.3 is 0 Å². The van der Waals surface area contributed by atoms with E-state index in [1.165, 1.54) is 24.3 Å². The summed E-state index contributed by atoms with van der Waals surface area (Å²) in [5.41, 5.74) is 2.50. The number of anilines is 2. The lowest BCUT2D eigenvalue weighted by atomic mass is 10.0. The fourth-order valence-electron chi connectivity index (χ4n) is 3.48. The van der Waals surface area contributed by atoms with E-state index in [4.69, 9.17) is 11.6 Å². The summed E-state index contributed by atoms with van der Waals surface area (Å²) < 4.78 is 0. The van der Waals surface area contributed by atoms with E-state index >= 15 is 0 Å². The number of non-ortho nitro benzene ring substituents is 1. The number of rotatable bonds is 6. The van der Waals surface area contributed by atoms with Crippen LogP contribution >= 0.6 is 11.6 Å². The Hall–Kier alpha value is -3.97. The van der Waals surface area contributed by atoms with Crippen LogP contribution in [0.1, 0.15) is 18.1 Å². The topological polar surface area (TPSA) is 92.6 Å². The van der Waals surface area contributed by atoms with E-state index < -0.39 is 16.7 Å². The number of hydrogen-bond donors (Lipinski definition) is 1. The lowest BCUT2D eigenvalue weighted by molar-refractivity contribution is -0.384. The van der Waals surface area contributed by atoms with Gasteiger partial charge in [0.15, 0.2) is 0 Å². The van der Waals surface area contributed by atoms with Gasteiger partial charge in [0.25, 0.3) is 17.5 Å². The Morgan fingerprint density at radius 1 is 0.938 bits per heavy atom. The highest BCUT2D eigenvalue weighted by Crippen LogP contribution is 2.37. The van der Waals surface area contributed by atoms with Crippen LogP contribution in [0.4, 0.5) is 17.1 Å². The zero-order chi connectivity index (χ0) is 22.8. The quantitative estimate of drug-likeness (QED) is 0.318. The summed E-state index contributed by atoms with van der Waals surface area (Å²) in [4.78, 5) is 38.3. The van der Waals surface area contributed by atoms with Crippen molar-refractivity contribution in [1.82, 2.24) is 0 Å². The number of imide groups is 1. The number of hydrogen-bond acceptors (Lipinski definition) is 5. The summed E-state index contributed by atoms with van der Waals surface area (Å²) in [6, 6.07) is 19.6. The molecule has 0 unspecified atom stereocenters. The second-order valence-corrected chi connectivity index (χ2v) is 7.53. The van der Waals surface area contributed by atoms with Gasteiger partial charge in [0.05, 0.1) is 21.2 Å². The van der Waals surface area contributed by atoms with Gasteiger partial charge in [-0.1, -0.05) is 42.8 Å². The maximum Gasteiger partial charge on any atom is 0.282 e. The van der Waals surface area contributed by atoms with Gasteiger partial charge in [-0.05, 0) is 53.9 Å². The molecule has 3 aromatic carbocycles. The Morgan fingerprint density at radius 2 is 1.59 bits per heavy atom. The van der Waals surface area contributed by atoms with Crippen LogP contribution in [-0.2, 0) is 16.0 Å². The highest BCUT2D eigenvalue weighted by Gasteiger charge is 2.41. The molecule has 4 rings (SSSR count). The van der Waals surface area contributed by atoms with Gasteiger partial charge in [0, 0.05) is 17.8 Å². The fraction of sp³-hybridized carbons (Fsp3) is 0.0833. The number of amides is 2. The molecule has 1 aliphatic heterocycles. The number of nitrogens with zero attached hydrogens (tertiary/aromatic N) is 2. The summed E-state index contributed by atoms with van der Waals surface area (Å²) in [6.07, 6.45) is 0.870. The number of nitro benzene ring substituents is 1. The maximum absolute atomic E-state index is 13.4. The molecule has 0 aromatic heterocycles. The normalized spacial score (nSPS) is 13.6. The average Bonchev–Trinajstić information content (AvgIpc) is 3.04. The second-order valence-electron chi connectivity index (χ2n) is 7.13. The van der Waals surface area contributed by atoms with Crippen molar-refractivity contribution in [1.29, 1.82) is 0 Å². The van der Waals surface area contributed by atoms with E-state index in [1.807, 2.05) is 31.2 Å². The minimum atomic E-state index is -0.565. The van der Waals surface area contributed by atoms with Gasteiger partial charge in [-0.25, -0.2) is 4.90 Å². The first-order valence-corrected chi connectivity index (χ1v) is 10.3. The molecule has 0 spiro atoms. The van der Waals surface area contributed by atoms with Crippen LogP contribution in [0.2, 0.25) is 5.02 Å². The van der Waals surface area contributed by atoms with Crippen LogP contribution in [-0.4, -0.2) is 16.7 Å². The minimum Gasteiger partial charge on any atom is -0.350 e. The molecule has 1 heterocycles. The van der Waals surface area contributed by atoms with Crippen molar-refractivity contribution in [2.75, 3.05) is 10.2 Å². The van der Waals surface area contributed by atoms with E-state index in [1.54, 1.807) is 24.3 Å². The molecule has 0 aliphatic carbocycles. The third kappa shape index (κ3) is 3.86. The monoisotopic (exact) mass is 447 g/mol. The summed E-state index contributed by atoms with van der Waals surface area (Å²) in [5.74, 6) is -1.12. The molecule has 8 heteroatoms. The molecular weight excluding hydrogens is 430 g/mol. The fourth-order valence-corrected chi connectivity index (χ4v) is 3.70. The summed E-state index contributed by atoms with van der Waals surface area (Å²) in [5, 5.41) is 14.3. The van der Waals surface area contributed by atoms with Crippen LogP contribution in [0, 0.1) is 10.1 Å². The average molecular weight is 448 g/mol. The van der Waals surface area contributed by atoms with Gasteiger partial charge in [-0.3, -0.25) is 19.7 Å². The van der Waals surface area contributed by atoms with E-state index in [-0.39, 0.29) is 27.7 Å². The highest BCUT2D eigenvalue weighted by molar-refractivity contribution is 6.48. The lowest BCUT2D eigenvalue weighted by Crippen LogP contribution is -2.32.